The summed E-state index contributed by atoms with van der Waals surface area (Å²) in [5.74, 6) is 1.49. The van der Waals surface area contributed by atoms with Crippen molar-refractivity contribution in [3.8, 4) is 17.1 Å². The number of nitrogens with one attached hydrogen (secondary N) is 1. The number of aromatic nitrogens is 4. The molecule has 5 heteroatoms. The van der Waals surface area contributed by atoms with Gasteiger partial charge in [-0.25, -0.2) is 9.97 Å². The van der Waals surface area contributed by atoms with Crippen LogP contribution in [0.1, 0.15) is 40.3 Å². The van der Waals surface area contributed by atoms with E-state index < -0.39 is 0 Å². The van der Waals surface area contributed by atoms with Gasteiger partial charge >= 0.3 is 0 Å². The summed E-state index contributed by atoms with van der Waals surface area (Å²) < 4.78 is 1.77. The van der Waals surface area contributed by atoms with Crippen molar-refractivity contribution in [1.29, 1.82) is 0 Å². The first-order valence-corrected chi connectivity index (χ1v) is 8.97. The second-order valence-corrected chi connectivity index (χ2v) is 4.67. The van der Waals surface area contributed by atoms with Gasteiger partial charge in [0.05, 0.1) is 5.69 Å². The van der Waals surface area contributed by atoms with Crippen LogP contribution in [0.5, 0.6) is 0 Å². The number of hydrogen-bond donors (Lipinski definition) is 1. The van der Waals surface area contributed by atoms with Gasteiger partial charge in [-0.05, 0) is 25.5 Å². The summed E-state index contributed by atoms with van der Waals surface area (Å²) in [4.78, 5) is 8.58. The highest BCUT2D eigenvalue weighted by molar-refractivity contribution is 5.78. The van der Waals surface area contributed by atoms with E-state index in [2.05, 4.69) is 39.4 Å². The van der Waals surface area contributed by atoms with Crippen molar-refractivity contribution in [1.82, 2.24) is 19.7 Å². The van der Waals surface area contributed by atoms with E-state index in [4.69, 9.17) is 0 Å². The standard InChI is InChI=1S/C16H17N5.2C2H6/c1-3-17-15-14(13-8-5-4-6-9-13)12(2)20-21(15)16-18-10-7-11-19-16;2*1-2/h4-11,17H,3H2,1-2H3;2*1-2H3. The van der Waals surface area contributed by atoms with Crippen LogP contribution in [0, 0.1) is 6.92 Å². The molecule has 0 saturated carbocycles. The fourth-order valence-electron chi connectivity index (χ4n) is 2.35. The normalized spacial score (nSPS) is 9.36. The molecule has 0 fully saturated rings. The average molecular weight is 339 g/mol. The van der Waals surface area contributed by atoms with Crippen molar-refractivity contribution in [3.05, 3.63) is 54.5 Å². The van der Waals surface area contributed by atoms with Gasteiger partial charge in [-0.2, -0.15) is 9.78 Å². The summed E-state index contributed by atoms with van der Waals surface area (Å²) in [7, 11) is 0. The van der Waals surface area contributed by atoms with Crippen molar-refractivity contribution < 1.29 is 0 Å². The lowest BCUT2D eigenvalue weighted by Crippen LogP contribution is -2.09. The Hall–Kier alpha value is -2.69. The number of benzene rings is 1. The predicted octanol–water partition coefficient (Wildman–Crippen LogP) is 5.12. The third-order valence-corrected chi connectivity index (χ3v) is 3.21. The van der Waals surface area contributed by atoms with Crippen LogP contribution in [0.3, 0.4) is 0 Å². The van der Waals surface area contributed by atoms with Gasteiger partial charge in [0.2, 0.25) is 0 Å². The van der Waals surface area contributed by atoms with Crippen molar-refractivity contribution >= 4 is 5.82 Å². The van der Waals surface area contributed by atoms with Crippen molar-refractivity contribution in [2.75, 3.05) is 11.9 Å². The Labute approximate surface area is 151 Å². The molecule has 3 rings (SSSR count). The average Bonchev–Trinajstić information content (AvgIpc) is 3.03. The molecule has 1 N–H and O–H groups in total. The molecule has 0 radical (unpaired) electrons. The molecule has 0 aliphatic heterocycles. The van der Waals surface area contributed by atoms with E-state index in [1.165, 1.54) is 0 Å². The highest BCUT2D eigenvalue weighted by atomic mass is 15.4. The zero-order valence-electron chi connectivity index (χ0n) is 16.1. The maximum atomic E-state index is 4.60. The van der Waals surface area contributed by atoms with Gasteiger partial charge < -0.3 is 5.32 Å². The third-order valence-electron chi connectivity index (χ3n) is 3.21. The number of hydrogen-bond acceptors (Lipinski definition) is 4. The number of rotatable bonds is 4. The van der Waals surface area contributed by atoms with E-state index in [0.29, 0.717) is 5.95 Å². The Bertz CT molecular complexity index is 721. The highest BCUT2D eigenvalue weighted by Crippen LogP contribution is 2.32. The fraction of sp³-hybridized carbons (Fsp3) is 0.350. The Balaban J connectivity index is 0.000000730. The topological polar surface area (TPSA) is 55.6 Å². The zero-order valence-corrected chi connectivity index (χ0v) is 16.1. The van der Waals surface area contributed by atoms with E-state index in [0.717, 1.165) is 29.2 Å². The number of aryl methyl sites for hydroxylation is 1. The molecule has 2 aromatic heterocycles. The molecular formula is C20H29N5. The Morgan fingerprint density at radius 2 is 1.52 bits per heavy atom. The monoisotopic (exact) mass is 339 g/mol. The molecule has 0 aliphatic rings. The molecule has 25 heavy (non-hydrogen) atoms. The van der Waals surface area contributed by atoms with E-state index in [9.17, 15) is 0 Å². The van der Waals surface area contributed by atoms with Gasteiger partial charge in [-0.1, -0.05) is 58.0 Å². The summed E-state index contributed by atoms with van der Waals surface area (Å²) >= 11 is 0. The van der Waals surface area contributed by atoms with Crippen LogP contribution in [-0.2, 0) is 0 Å². The van der Waals surface area contributed by atoms with E-state index in [-0.39, 0.29) is 0 Å². The highest BCUT2D eigenvalue weighted by Gasteiger charge is 2.18. The molecule has 1 aromatic carbocycles. The van der Waals surface area contributed by atoms with Crippen molar-refractivity contribution in [3.63, 3.8) is 0 Å². The molecule has 0 aliphatic carbocycles. The SMILES string of the molecule is CC.CC.CCNc1c(-c2ccccc2)c(C)nn1-c1ncccn1. The summed E-state index contributed by atoms with van der Waals surface area (Å²) in [6, 6.07) is 12.0. The second kappa shape index (κ2) is 11.0. The van der Waals surface area contributed by atoms with Gasteiger partial charge in [-0.15, -0.1) is 0 Å². The molecule has 0 spiro atoms. The molecule has 0 unspecified atom stereocenters. The minimum atomic E-state index is 0.568. The molecule has 3 aromatic rings. The van der Waals surface area contributed by atoms with Crippen molar-refractivity contribution in [2.24, 2.45) is 0 Å². The van der Waals surface area contributed by atoms with Crippen LogP contribution >= 0.6 is 0 Å². The van der Waals surface area contributed by atoms with Crippen LogP contribution in [0.2, 0.25) is 0 Å². The van der Waals surface area contributed by atoms with Gasteiger partial charge in [0.1, 0.15) is 5.82 Å². The lowest BCUT2D eigenvalue weighted by atomic mass is 10.1. The summed E-state index contributed by atoms with van der Waals surface area (Å²) in [6.07, 6.45) is 3.44. The predicted molar refractivity (Wildman–Crippen MR) is 106 cm³/mol. The van der Waals surface area contributed by atoms with Gasteiger partial charge in [0, 0.05) is 24.5 Å². The largest absolute Gasteiger partial charge is 0.370 e. The maximum absolute atomic E-state index is 4.60. The minimum Gasteiger partial charge on any atom is -0.370 e. The third kappa shape index (κ3) is 4.89. The van der Waals surface area contributed by atoms with Gasteiger partial charge in [-0.3, -0.25) is 0 Å². The quantitative estimate of drug-likeness (QED) is 0.716. The first-order chi connectivity index (χ1) is 12.3. The zero-order chi connectivity index (χ0) is 18.7. The smallest absolute Gasteiger partial charge is 0.252 e. The molecule has 0 atom stereocenters. The fourth-order valence-corrected chi connectivity index (χ4v) is 2.35. The van der Waals surface area contributed by atoms with Crippen LogP contribution in [-0.4, -0.2) is 26.3 Å². The molecule has 134 valence electrons. The van der Waals surface area contributed by atoms with Crippen LogP contribution in [0.15, 0.2) is 48.8 Å². The molecular weight excluding hydrogens is 310 g/mol. The van der Waals surface area contributed by atoms with Crippen LogP contribution in [0.25, 0.3) is 17.1 Å². The summed E-state index contributed by atoms with van der Waals surface area (Å²) in [5, 5.41) is 7.99. The molecule has 2 heterocycles. The molecule has 0 amide bonds. The Morgan fingerprint density at radius 1 is 0.920 bits per heavy atom. The lowest BCUT2D eigenvalue weighted by molar-refractivity contribution is 0.798. The number of nitrogens with zero attached hydrogens (tertiary/aromatic N) is 4. The Morgan fingerprint density at radius 3 is 2.08 bits per heavy atom. The van der Waals surface area contributed by atoms with E-state index in [1.54, 1.807) is 23.1 Å². The maximum Gasteiger partial charge on any atom is 0.252 e. The van der Waals surface area contributed by atoms with Crippen LogP contribution < -0.4 is 5.32 Å². The second-order valence-electron chi connectivity index (χ2n) is 4.67. The molecule has 0 saturated heterocycles. The number of anilines is 1. The first kappa shape index (κ1) is 20.4. The van der Waals surface area contributed by atoms with Gasteiger partial charge in [0.25, 0.3) is 5.95 Å². The van der Waals surface area contributed by atoms with Crippen LogP contribution in [0.4, 0.5) is 5.82 Å². The first-order valence-electron chi connectivity index (χ1n) is 8.97. The summed E-state index contributed by atoms with van der Waals surface area (Å²) in [6.45, 7) is 12.9. The van der Waals surface area contributed by atoms with E-state index in [1.807, 2.05) is 52.8 Å². The molecule has 0 bridgehead atoms. The van der Waals surface area contributed by atoms with E-state index >= 15 is 0 Å². The Kier molecular flexibility index (Phi) is 8.93. The van der Waals surface area contributed by atoms with Gasteiger partial charge in [0.15, 0.2) is 0 Å². The molecule has 5 nitrogen and oxygen atoms in total. The minimum absolute atomic E-state index is 0.568. The van der Waals surface area contributed by atoms with Crippen molar-refractivity contribution in [2.45, 2.75) is 41.5 Å². The lowest BCUT2D eigenvalue weighted by Gasteiger charge is -2.09. The summed E-state index contributed by atoms with van der Waals surface area (Å²) in [5.41, 5.74) is 3.17.